The van der Waals surface area contributed by atoms with Crippen LogP contribution in [0.1, 0.15) is 6.92 Å². The minimum absolute atomic E-state index is 0.0697. The van der Waals surface area contributed by atoms with Crippen molar-refractivity contribution in [2.24, 2.45) is 0 Å². The Morgan fingerprint density at radius 2 is 1.65 bits per heavy atom. The minimum atomic E-state index is 0.0697. The Balaban J connectivity index is 2.49. The van der Waals surface area contributed by atoms with Crippen LogP contribution in [-0.4, -0.2) is 35.8 Å². The number of rotatable bonds is 5. The van der Waals surface area contributed by atoms with Gasteiger partial charge in [-0.2, -0.15) is 15.0 Å². The number of nitrogens with zero attached hydrogens (tertiary/aromatic N) is 3. The number of methoxy groups -OCH3 is 2. The standard InChI is InChI=1S/C13H14ClN3O3/c1-4-20-13-16-11(15-12(14)17-13)8-5-9(18-2)7-10(6-8)19-3/h5-7H,4H2,1-3H3. The first kappa shape index (κ1) is 14.3. The molecule has 0 unspecified atom stereocenters. The number of ether oxygens (including phenoxy) is 3. The second kappa shape index (κ2) is 6.38. The molecule has 0 aliphatic rings. The molecule has 0 aliphatic carbocycles. The zero-order valence-corrected chi connectivity index (χ0v) is 12.1. The first-order chi connectivity index (χ1) is 9.66. The summed E-state index contributed by atoms with van der Waals surface area (Å²) in [5.41, 5.74) is 0.700. The summed E-state index contributed by atoms with van der Waals surface area (Å²) in [6.07, 6.45) is 0. The van der Waals surface area contributed by atoms with Gasteiger partial charge in [-0.05, 0) is 30.7 Å². The van der Waals surface area contributed by atoms with Gasteiger partial charge in [0.15, 0.2) is 5.82 Å². The summed E-state index contributed by atoms with van der Waals surface area (Å²) >= 11 is 5.88. The summed E-state index contributed by atoms with van der Waals surface area (Å²) in [6, 6.07) is 5.51. The van der Waals surface area contributed by atoms with E-state index in [9.17, 15) is 0 Å². The zero-order valence-electron chi connectivity index (χ0n) is 11.4. The fraction of sp³-hybridized carbons (Fsp3) is 0.308. The second-order valence-electron chi connectivity index (χ2n) is 3.74. The van der Waals surface area contributed by atoms with E-state index in [1.165, 1.54) is 0 Å². The third kappa shape index (κ3) is 3.27. The summed E-state index contributed by atoms with van der Waals surface area (Å²) in [5, 5.41) is 0.0697. The van der Waals surface area contributed by atoms with Crippen molar-refractivity contribution in [3.8, 4) is 28.9 Å². The molecule has 1 aromatic heterocycles. The van der Waals surface area contributed by atoms with Crippen molar-refractivity contribution in [2.45, 2.75) is 6.92 Å². The fourth-order valence-electron chi connectivity index (χ4n) is 1.59. The predicted molar refractivity (Wildman–Crippen MR) is 74.5 cm³/mol. The van der Waals surface area contributed by atoms with Crippen molar-refractivity contribution < 1.29 is 14.2 Å². The SMILES string of the molecule is CCOc1nc(Cl)nc(-c2cc(OC)cc(OC)c2)n1. The Bertz CT molecular complexity index is 585. The lowest BCUT2D eigenvalue weighted by Crippen LogP contribution is -2.01. The molecule has 0 aliphatic heterocycles. The molecular formula is C13H14ClN3O3. The van der Waals surface area contributed by atoms with Crippen LogP contribution in [0.15, 0.2) is 18.2 Å². The largest absolute Gasteiger partial charge is 0.497 e. The van der Waals surface area contributed by atoms with Gasteiger partial charge >= 0.3 is 6.01 Å². The topological polar surface area (TPSA) is 66.4 Å². The number of hydrogen-bond acceptors (Lipinski definition) is 6. The van der Waals surface area contributed by atoms with Crippen LogP contribution in [0.5, 0.6) is 17.5 Å². The molecule has 0 amide bonds. The lowest BCUT2D eigenvalue weighted by atomic mass is 10.2. The first-order valence-electron chi connectivity index (χ1n) is 5.94. The summed E-state index contributed by atoms with van der Waals surface area (Å²) in [6.45, 7) is 2.28. The van der Waals surface area contributed by atoms with Crippen LogP contribution < -0.4 is 14.2 Å². The van der Waals surface area contributed by atoms with E-state index >= 15 is 0 Å². The van der Waals surface area contributed by atoms with Crippen LogP contribution in [0.4, 0.5) is 0 Å². The Morgan fingerprint density at radius 3 is 2.20 bits per heavy atom. The van der Waals surface area contributed by atoms with Crippen LogP contribution in [0, 0.1) is 0 Å². The normalized spacial score (nSPS) is 10.2. The van der Waals surface area contributed by atoms with Crippen LogP contribution in [-0.2, 0) is 0 Å². The molecule has 0 fully saturated rings. The monoisotopic (exact) mass is 295 g/mol. The lowest BCUT2D eigenvalue weighted by Gasteiger charge is -2.08. The van der Waals surface area contributed by atoms with E-state index in [0.717, 1.165) is 0 Å². The molecular weight excluding hydrogens is 282 g/mol. The van der Waals surface area contributed by atoms with Gasteiger partial charge in [0.05, 0.1) is 20.8 Å². The molecule has 1 heterocycles. The highest BCUT2D eigenvalue weighted by molar-refractivity contribution is 6.28. The number of aromatic nitrogens is 3. The van der Waals surface area contributed by atoms with E-state index in [2.05, 4.69) is 15.0 Å². The van der Waals surface area contributed by atoms with Crippen molar-refractivity contribution in [1.29, 1.82) is 0 Å². The van der Waals surface area contributed by atoms with Crippen molar-refractivity contribution >= 4 is 11.6 Å². The quantitative estimate of drug-likeness (QED) is 0.845. The highest BCUT2D eigenvalue weighted by atomic mass is 35.5. The van der Waals surface area contributed by atoms with E-state index in [4.69, 9.17) is 25.8 Å². The average molecular weight is 296 g/mol. The van der Waals surface area contributed by atoms with Gasteiger partial charge in [-0.1, -0.05) is 0 Å². The van der Waals surface area contributed by atoms with Gasteiger partial charge in [-0.15, -0.1) is 0 Å². The molecule has 0 saturated heterocycles. The minimum Gasteiger partial charge on any atom is -0.497 e. The molecule has 2 rings (SSSR count). The molecule has 2 aromatic rings. The Kier molecular flexibility index (Phi) is 4.57. The van der Waals surface area contributed by atoms with E-state index in [0.29, 0.717) is 29.5 Å². The number of benzene rings is 1. The van der Waals surface area contributed by atoms with E-state index in [-0.39, 0.29) is 11.3 Å². The van der Waals surface area contributed by atoms with Gasteiger partial charge in [-0.3, -0.25) is 0 Å². The first-order valence-corrected chi connectivity index (χ1v) is 6.32. The highest BCUT2D eigenvalue weighted by Crippen LogP contribution is 2.28. The van der Waals surface area contributed by atoms with Crippen LogP contribution in [0.25, 0.3) is 11.4 Å². The zero-order chi connectivity index (χ0) is 14.5. The second-order valence-corrected chi connectivity index (χ2v) is 4.08. The van der Waals surface area contributed by atoms with Crippen molar-refractivity contribution in [3.05, 3.63) is 23.5 Å². The summed E-state index contributed by atoms with van der Waals surface area (Å²) in [4.78, 5) is 12.2. The van der Waals surface area contributed by atoms with Crippen LogP contribution in [0.3, 0.4) is 0 Å². The van der Waals surface area contributed by atoms with Crippen molar-refractivity contribution in [1.82, 2.24) is 15.0 Å². The molecule has 0 radical (unpaired) electrons. The Hall–Kier alpha value is -2.08. The van der Waals surface area contributed by atoms with E-state index in [1.54, 1.807) is 32.4 Å². The molecule has 0 saturated carbocycles. The highest BCUT2D eigenvalue weighted by Gasteiger charge is 2.11. The summed E-state index contributed by atoms with van der Waals surface area (Å²) in [5.74, 6) is 1.66. The van der Waals surface area contributed by atoms with Gasteiger partial charge in [0.1, 0.15) is 11.5 Å². The van der Waals surface area contributed by atoms with Gasteiger partial charge in [-0.25, -0.2) is 0 Å². The maximum absolute atomic E-state index is 5.88. The lowest BCUT2D eigenvalue weighted by molar-refractivity contribution is 0.312. The van der Waals surface area contributed by atoms with Crippen LogP contribution in [0.2, 0.25) is 5.28 Å². The molecule has 20 heavy (non-hydrogen) atoms. The molecule has 1 aromatic carbocycles. The maximum atomic E-state index is 5.88. The third-order valence-electron chi connectivity index (χ3n) is 2.47. The van der Waals surface area contributed by atoms with Crippen LogP contribution >= 0.6 is 11.6 Å². The molecule has 7 heteroatoms. The summed E-state index contributed by atoms with van der Waals surface area (Å²) in [7, 11) is 3.15. The molecule has 6 nitrogen and oxygen atoms in total. The van der Waals surface area contributed by atoms with Crippen molar-refractivity contribution in [2.75, 3.05) is 20.8 Å². The summed E-state index contributed by atoms with van der Waals surface area (Å²) < 4.78 is 15.7. The average Bonchev–Trinajstić information content (AvgIpc) is 2.46. The molecule has 0 atom stereocenters. The molecule has 0 N–H and O–H groups in total. The molecule has 106 valence electrons. The van der Waals surface area contributed by atoms with E-state index < -0.39 is 0 Å². The smallest absolute Gasteiger partial charge is 0.321 e. The van der Waals surface area contributed by atoms with Gasteiger partial charge in [0.25, 0.3) is 0 Å². The predicted octanol–water partition coefficient (Wildman–Crippen LogP) is 2.61. The van der Waals surface area contributed by atoms with Gasteiger partial charge in [0.2, 0.25) is 5.28 Å². The molecule has 0 spiro atoms. The van der Waals surface area contributed by atoms with Gasteiger partial charge in [0, 0.05) is 11.6 Å². The van der Waals surface area contributed by atoms with Crippen molar-refractivity contribution in [3.63, 3.8) is 0 Å². The van der Waals surface area contributed by atoms with Gasteiger partial charge < -0.3 is 14.2 Å². The number of hydrogen-bond donors (Lipinski definition) is 0. The maximum Gasteiger partial charge on any atom is 0.321 e. The Labute approximate surface area is 121 Å². The van der Waals surface area contributed by atoms with E-state index in [1.807, 2.05) is 6.92 Å². The molecule has 0 bridgehead atoms. The Morgan fingerprint density at radius 1 is 1.00 bits per heavy atom. The third-order valence-corrected chi connectivity index (χ3v) is 2.64. The fourth-order valence-corrected chi connectivity index (χ4v) is 1.74. The number of halogens is 1.